The molecule has 0 fully saturated rings. The summed E-state index contributed by atoms with van der Waals surface area (Å²) in [6.07, 6.45) is 0. The van der Waals surface area contributed by atoms with Gasteiger partial charge in [0.25, 0.3) is 0 Å². The molecule has 1 unspecified atom stereocenters. The maximum Gasteiger partial charge on any atom is 0.179 e. The minimum Gasteiger partial charge on any atom is -0.497 e. The van der Waals surface area contributed by atoms with Crippen LogP contribution in [0.15, 0.2) is 97.1 Å². The number of rotatable bonds is 8. The van der Waals surface area contributed by atoms with E-state index in [1.54, 1.807) is 7.11 Å². The molecule has 3 heteroatoms. The largest absolute Gasteiger partial charge is 0.497 e. The van der Waals surface area contributed by atoms with Gasteiger partial charge >= 0.3 is 0 Å². The lowest BCUT2D eigenvalue weighted by molar-refractivity contribution is 0.0816. The number of Topliss-reactive ketones (excluding diaryl/α,β-unsaturated/α-hetero) is 1. The van der Waals surface area contributed by atoms with Gasteiger partial charge in [0.15, 0.2) is 5.78 Å². The van der Waals surface area contributed by atoms with Crippen LogP contribution in [0.5, 0.6) is 5.75 Å². The Morgan fingerprint density at radius 2 is 1.32 bits per heavy atom. The standard InChI is InChI=1S/C28H27NO2/c1-21(28(30)26-14-13-25-18-27(31-2)16-15-24(25)17-26)29(19-22-9-5-3-6-10-22)20-23-11-7-4-8-12-23/h3-18,21H,19-20H2,1-2H3. The van der Waals surface area contributed by atoms with E-state index in [2.05, 4.69) is 29.2 Å². The molecule has 0 aliphatic rings. The van der Waals surface area contributed by atoms with Gasteiger partial charge in [-0.2, -0.15) is 0 Å². The van der Waals surface area contributed by atoms with Crippen molar-refractivity contribution in [3.8, 4) is 5.75 Å². The number of carbonyl (C=O) groups excluding carboxylic acids is 1. The molecule has 4 rings (SSSR count). The van der Waals surface area contributed by atoms with Gasteiger partial charge in [-0.25, -0.2) is 0 Å². The summed E-state index contributed by atoms with van der Waals surface area (Å²) in [6.45, 7) is 3.44. The summed E-state index contributed by atoms with van der Waals surface area (Å²) in [7, 11) is 1.66. The SMILES string of the molecule is COc1ccc2cc(C(=O)C(C)N(Cc3ccccc3)Cc3ccccc3)ccc2c1. The van der Waals surface area contributed by atoms with Gasteiger partial charge < -0.3 is 4.74 Å². The Morgan fingerprint density at radius 1 is 0.774 bits per heavy atom. The van der Waals surface area contributed by atoms with Crippen molar-refractivity contribution in [3.05, 3.63) is 114 Å². The van der Waals surface area contributed by atoms with E-state index in [1.807, 2.05) is 79.7 Å². The molecule has 0 saturated heterocycles. The van der Waals surface area contributed by atoms with Crippen molar-refractivity contribution < 1.29 is 9.53 Å². The molecule has 0 bridgehead atoms. The number of nitrogens with zero attached hydrogens (tertiary/aromatic N) is 1. The lowest BCUT2D eigenvalue weighted by Gasteiger charge is -2.28. The van der Waals surface area contributed by atoms with Gasteiger partial charge in [-0.3, -0.25) is 9.69 Å². The topological polar surface area (TPSA) is 29.5 Å². The second kappa shape index (κ2) is 9.59. The Morgan fingerprint density at radius 3 is 1.90 bits per heavy atom. The first kappa shape index (κ1) is 20.8. The monoisotopic (exact) mass is 409 g/mol. The Bertz CT molecular complexity index is 1110. The lowest BCUT2D eigenvalue weighted by Crippen LogP contribution is -2.38. The molecule has 0 aromatic heterocycles. The van der Waals surface area contributed by atoms with Crippen LogP contribution in [-0.4, -0.2) is 23.8 Å². The fourth-order valence-corrected chi connectivity index (χ4v) is 3.88. The highest BCUT2D eigenvalue weighted by Crippen LogP contribution is 2.24. The molecule has 0 radical (unpaired) electrons. The fourth-order valence-electron chi connectivity index (χ4n) is 3.88. The van der Waals surface area contributed by atoms with Crippen LogP contribution >= 0.6 is 0 Å². The Balaban J connectivity index is 1.61. The van der Waals surface area contributed by atoms with Crippen LogP contribution in [0.3, 0.4) is 0 Å². The number of ether oxygens (including phenoxy) is 1. The van der Waals surface area contributed by atoms with Crippen LogP contribution in [0, 0.1) is 0 Å². The predicted octanol–water partition coefficient (Wildman–Crippen LogP) is 6.12. The normalized spacial score (nSPS) is 12.1. The minimum atomic E-state index is -0.254. The first-order chi connectivity index (χ1) is 15.1. The Kier molecular flexibility index (Phi) is 6.44. The van der Waals surface area contributed by atoms with E-state index in [1.165, 1.54) is 11.1 Å². The van der Waals surface area contributed by atoms with Crippen LogP contribution in [0.2, 0.25) is 0 Å². The smallest absolute Gasteiger partial charge is 0.179 e. The van der Waals surface area contributed by atoms with Crippen molar-refractivity contribution in [1.82, 2.24) is 4.90 Å². The van der Waals surface area contributed by atoms with Crippen molar-refractivity contribution >= 4 is 16.6 Å². The summed E-state index contributed by atoms with van der Waals surface area (Å²) in [6, 6.07) is 32.2. The first-order valence-electron chi connectivity index (χ1n) is 10.6. The fraction of sp³-hybridized carbons (Fsp3) is 0.179. The van der Waals surface area contributed by atoms with Gasteiger partial charge in [0.05, 0.1) is 13.2 Å². The van der Waals surface area contributed by atoms with Crippen molar-refractivity contribution in [1.29, 1.82) is 0 Å². The third-order valence-corrected chi connectivity index (χ3v) is 5.72. The maximum absolute atomic E-state index is 13.5. The summed E-state index contributed by atoms with van der Waals surface area (Å²) in [5, 5.41) is 2.10. The molecule has 0 saturated carbocycles. The lowest BCUT2D eigenvalue weighted by atomic mass is 9.99. The van der Waals surface area contributed by atoms with Crippen molar-refractivity contribution in [3.63, 3.8) is 0 Å². The molecule has 4 aromatic carbocycles. The van der Waals surface area contributed by atoms with E-state index < -0.39 is 0 Å². The highest BCUT2D eigenvalue weighted by atomic mass is 16.5. The molecule has 0 N–H and O–H groups in total. The number of fused-ring (bicyclic) bond motifs is 1. The van der Waals surface area contributed by atoms with Crippen LogP contribution in [0.4, 0.5) is 0 Å². The van der Waals surface area contributed by atoms with E-state index in [-0.39, 0.29) is 11.8 Å². The molecule has 0 aliphatic carbocycles. The van der Waals surface area contributed by atoms with Crippen LogP contribution in [0.1, 0.15) is 28.4 Å². The number of carbonyl (C=O) groups is 1. The average molecular weight is 410 g/mol. The van der Waals surface area contributed by atoms with Gasteiger partial charge in [-0.15, -0.1) is 0 Å². The van der Waals surface area contributed by atoms with Crippen LogP contribution < -0.4 is 4.74 Å². The van der Waals surface area contributed by atoms with E-state index in [0.29, 0.717) is 13.1 Å². The summed E-state index contributed by atoms with van der Waals surface area (Å²) in [4.78, 5) is 15.7. The second-order valence-corrected chi connectivity index (χ2v) is 7.84. The first-order valence-corrected chi connectivity index (χ1v) is 10.6. The van der Waals surface area contributed by atoms with Crippen molar-refractivity contribution in [2.75, 3.05) is 7.11 Å². The van der Waals surface area contributed by atoms with Gasteiger partial charge in [-0.1, -0.05) is 78.9 Å². The molecule has 0 aliphatic heterocycles. The summed E-state index contributed by atoms with van der Waals surface area (Å²) >= 11 is 0. The van der Waals surface area contributed by atoms with Gasteiger partial charge in [0, 0.05) is 18.7 Å². The van der Waals surface area contributed by atoms with Gasteiger partial charge in [0.1, 0.15) is 5.75 Å². The number of methoxy groups -OCH3 is 1. The van der Waals surface area contributed by atoms with Crippen molar-refractivity contribution in [2.24, 2.45) is 0 Å². The molecule has 31 heavy (non-hydrogen) atoms. The molecule has 0 spiro atoms. The number of hydrogen-bond donors (Lipinski definition) is 0. The molecular weight excluding hydrogens is 382 g/mol. The Hall–Kier alpha value is -3.43. The Labute approximate surface area is 183 Å². The zero-order valence-electron chi connectivity index (χ0n) is 18.0. The quantitative estimate of drug-likeness (QED) is 0.328. The van der Waals surface area contributed by atoms with E-state index in [4.69, 9.17) is 4.74 Å². The molecular formula is C28H27NO2. The second-order valence-electron chi connectivity index (χ2n) is 7.84. The molecule has 0 amide bonds. The summed E-state index contributed by atoms with van der Waals surface area (Å²) < 4.78 is 5.31. The molecule has 1 atom stereocenters. The third-order valence-electron chi connectivity index (χ3n) is 5.72. The highest BCUT2D eigenvalue weighted by Gasteiger charge is 2.23. The molecule has 4 aromatic rings. The van der Waals surface area contributed by atoms with Crippen LogP contribution in [-0.2, 0) is 13.1 Å². The van der Waals surface area contributed by atoms with Gasteiger partial charge in [0.2, 0.25) is 0 Å². The minimum absolute atomic E-state index is 0.129. The van der Waals surface area contributed by atoms with Crippen molar-refractivity contribution in [2.45, 2.75) is 26.1 Å². The molecule has 3 nitrogen and oxygen atoms in total. The zero-order valence-corrected chi connectivity index (χ0v) is 18.0. The van der Waals surface area contributed by atoms with E-state index in [9.17, 15) is 4.79 Å². The zero-order chi connectivity index (χ0) is 21.6. The molecule has 156 valence electrons. The predicted molar refractivity (Wildman–Crippen MR) is 126 cm³/mol. The number of benzene rings is 4. The molecule has 0 heterocycles. The summed E-state index contributed by atoms with van der Waals surface area (Å²) in [5.41, 5.74) is 3.13. The maximum atomic E-state index is 13.5. The summed E-state index contributed by atoms with van der Waals surface area (Å²) in [5.74, 6) is 0.946. The van der Waals surface area contributed by atoms with Crippen LogP contribution in [0.25, 0.3) is 10.8 Å². The van der Waals surface area contributed by atoms with E-state index in [0.717, 1.165) is 22.1 Å². The number of ketones is 1. The van der Waals surface area contributed by atoms with Gasteiger partial charge in [-0.05, 0) is 47.0 Å². The third kappa shape index (κ3) is 5.01. The average Bonchev–Trinajstić information content (AvgIpc) is 2.83. The van der Waals surface area contributed by atoms with E-state index >= 15 is 0 Å². The highest BCUT2D eigenvalue weighted by molar-refractivity contribution is 6.03. The number of hydrogen-bond acceptors (Lipinski definition) is 3.